The number of aryl methyl sites for hydroxylation is 1. The molecule has 0 aliphatic rings. The van der Waals surface area contributed by atoms with Gasteiger partial charge in [-0.2, -0.15) is 0 Å². The summed E-state index contributed by atoms with van der Waals surface area (Å²) in [5, 5.41) is 9.89. The molecular formula is C24H34O. The van der Waals surface area contributed by atoms with E-state index in [0.29, 0.717) is 0 Å². The summed E-state index contributed by atoms with van der Waals surface area (Å²) < 4.78 is 0. The first-order valence-electron chi connectivity index (χ1n) is 10.1. The number of aliphatic hydroxyl groups is 1. The van der Waals surface area contributed by atoms with Crippen LogP contribution >= 0.6 is 0 Å². The van der Waals surface area contributed by atoms with Gasteiger partial charge in [-0.1, -0.05) is 101 Å². The van der Waals surface area contributed by atoms with Crippen LogP contribution < -0.4 is 0 Å². The van der Waals surface area contributed by atoms with Crippen molar-refractivity contribution in [1.82, 2.24) is 0 Å². The third-order valence-electron chi connectivity index (χ3n) is 5.04. The van der Waals surface area contributed by atoms with Gasteiger partial charge in [0.25, 0.3) is 0 Å². The van der Waals surface area contributed by atoms with Gasteiger partial charge >= 0.3 is 0 Å². The van der Waals surface area contributed by atoms with Crippen molar-refractivity contribution >= 4 is 0 Å². The predicted molar refractivity (Wildman–Crippen MR) is 109 cm³/mol. The Balaban J connectivity index is 1.79. The minimum Gasteiger partial charge on any atom is -0.388 e. The first kappa shape index (κ1) is 19.7. The van der Waals surface area contributed by atoms with Gasteiger partial charge in [-0.05, 0) is 41.5 Å². The summed E-state index contributed by atoms with van der Waals surface area (Å²) in [6.45, 7) is 4.27. The van der Waals surface area contributed by atoms with Crippen LogP contribution in [0.3, 0.4) is 0 Å². The number of aliphatic hydroxyl groups excluding tert-OH is 1. The normalized spacial score (nSPS) is 12.3. The van der Waals surface area contributed by atoms with E-state index in [2.05, 4.69) is 43.3 Å². The third kappa shape index (κ3) is 6.66. The van der Waals surface area contributed by atoms with E-state index in [1.807, 2.05) is 19.1 Å². The molecule has 0 saturated carbocycles. The predicted octanol–water partition coefficient (Wildman–Crippen LogP) is 7.09. The van der Waals surface area contributed by atoms with Gasteiger partial charge in [-0.3, -0.25) is 0 Å². The van der Waals surface area contributed by atoms with Gasteiger partial charge in [-0.25, -0.2) is 0 Å². The van der Waals surface area contributed by atoms with Gasteiger partial charge in [0.1, 0.15) is 0 Å². The highest BCUT2D eigenvalue weighted by molar-refractivity contribution is 5.64. The van der Waals surface area contributed by atoms with Crippen LogP contribution in [0.4, 0.5) is 0 Å². The molecule has 1 nitrogen and oxygen atoms in total. The van der Waals surface area contributed by atoms with Crippen molar-refractivity contribution in [2.24, 2.45) is 0 Å². The fourth-order valence-electron chi connectivity index (χ4n) is 3.28. The van der Waals surface area contributed by atoms with Crippen LogP contribution in [0.2, 0.25) is 0 Å². The number of unbranched alkanes of at least 4 members (excludes halogenated alkanes) is 6. The molecule has 0 radical (unpaired) electrons. The lowest BCUT2D eigenvalue weighted by atomic mass is 9.98. The van der Waals surface area contributed by atoms with Crippen LogP contribution in [-0.2, 0) is 6.42 Å². The molecule has 136 valence electrons. The van der Waals surface area contributed by atoms with Crippen molar-refractivity contribution in [3.05, 3.63) is 59.7 Å². The van der Waals surface area contributed by atoms with Crippen molar-refractivity contribution < 1.29 is 5.11 Å². The Morgan fingerprint density at radius 3 is 1.76 bits per heavy atom. The molecule has 0 heterocycles. The highest BCUT2D eigenvalue weighted by Gasteiger charge is 2.05. The molecule has 0 spiro atoms. The molecule has 1 unspecified atom stereocenters. The topological polar surface area (TPSA) is 20.2 Å². The summed E-state index contributed by atoms with van der Waals surface area (Å²) in [5.41, 5.74) is 4.91. The van der Waals surface area contributed by atoms with E-state index in [9.17, 15) is 5.11 Å². The molecule has 0 bridgehead atoms. The molecule has 2 aromatic carbocycles. The summed E-state index contributed by atoms with van der Waals surface area (Å²) in [6, 6.07) is 17.3. The highest BCUT2D eigenvalue weighted by atomic mass is 16.3. The van der Waals surface area contributed by atoms with Gasteiger partial charge in [0.15, 0.2) is 0 Å². The maximum absolute atomic E-state index is 9.89. The SMILES string of the molecule is CCCCCCCCCc1ccc(-c2ccc(C(O)CC)cc2)cc1. The number of benzene rings is 2. The summed E-state index contributed by atoms with van der Waals surface area (Å²) in [7, 11) is 0. The second kappa shape index (κ2) is 11.1. The van der Waals surface area contributed by atoms with Crippen molar-refractivity contribution in [2.45, 2.75) is 77.7 Å². The molecule has 0 aliphatic heterocycles. The number of hydrogen-bond acceptors (Lipinski definition) is 1. The summed E-state index contributed by atoms with van der Waals surface area (Å²) >= 11 is 0. The fraction of sp³-hybridized carbons (Fsp3) is 0.500. The third-order valence-corrected chi connectivity index (χ3v) is 5.04. The van der Waals surface area contributed by atoms with Gasteiger partial charge < -0.3 is 5.11 Å². The van der Waals surface area contributed by atoms with E-state index in [1.165, 1.54) is 68.1 Å². The van der Waals surface area contributed by atoms with Gasteiger partial charge in [0.2, 0.25) is 0 Å². The van der Waals surface area contributed by atoms with E-state index >= 15 is 0 Å². The van der Waals surface area contributed by atoms with E-state index in [0.717, 1.165) is 12.0 Å². The maximum Gasteiger partial charge on any atom is 0.0787 e. The molecule has 1 atom stereocenters. The molecule has 0 amide bonds. The summed E-state index contributed by atoms with van der Waals surface area (Å²) in [4.78, 5) is 0. The number of rotatable bonds is 11. The monoisotopic (exact) mass is 338 g/mol. The second-order valence-corrected chi connectivity index (χ2v) is 7.11. The molecule has 0 fully saturated rings. The van der Waals surface area contributed by atoms with Crippen LogP contribution in [0.5, 0.6) is 0 Å². The summed E-state index contributed by atoms with van der Waals surface area (Å²) in [5.74, 6) is 0. The zero-order valence-corrected chi connectivity index (χ0v) is 16.0. The van der Waals surface area contributed by atoms with Crippen LogP contribution in [0, 0.1) is 0 Å². The van der Waals surface area contributed by atoms with E-state index in [-0.39, 0.29) is 6.10 Å². The average molecular weight is 339 g/mol. The lowest BCUT2D eigenvalue weighted by molar-refractivity contribution is 0.173. The highest BCUT2D eigenvalue weighted by Crippen LogP contribution is 2.24. The van der Waals surface area contributed by atoms with Gasteiger partial charge in [-0.15, -0.1) is 0 Å². The average Bonchev–Trinajstić information content (AvgIpc) is 2.67. The van der Waals surface area contributed by atoms with E-state index < -0.39 is 0 Å². The molecule has 2 aromatic rings. The lowest BCUT2D eigenvalue weighted by Gasteiger charge is -2.09. The Kier molecular flexibility index (Phi) is 8.76. The van der Waals surface area contributed by atoms with Crippen LogP contribution in [0.15, 0.2) is 48.5 Å². The van der Waals surface area contributed by atoms with E-state index in [4.69, 9.17) is 0 Å². The quantitative estimate of drug-likeness (QED) is 0.434. The molecule has 0 aliphatic carbocycles. The largest absolute Gasteiger partial charge is 0.388 e. The first-order valence-corrected chi connectivity index (χ1v) is 10.1. The maximum atomic E-state index is 9.89. The zero-order valence-electron chi connectivity index (χ0n) is 16.0. The Morgan fingerprint density at radius 1 is 0.680 bits per heavy atom. The Bertz CT molecular complexity index is 582. The molecule has 0 saturated heterocycles. The standard InChI is InChI=1S/C24H34O/c1-3-5-6-7-8-9-10-11-20-12-14-21(15-13-20)22-16-18-23(19-17-22)24(25)4-2/h12-19,24-25H,3-11H2,1-2H3. The number of hydrogen-bond donors (Lipinski definition) is 1. The Morgan fingerprint density at radius 2 is 1.20 bits per heavy atom. The first-order chi connectivity index (χ1) is 12.2. The van der Waals surface area contributed by atoms with Crippen molar-refractivity contribution in [3.8, 4) is 11.1 Å². The zero-order chi connectivity index (χ0) is 17.9. The Labute approximate surface area is 154 Å². The van der Waals surface area contributed by atoms with E-state index in [1.54, 1.807) is 0 Å². The van der Waals surface area contributed by atoms with Crippen LogP contribution in [0.1, 0.15) is 82.4 Å². The minimum absolute atomic E-state index is 0.349. The smallest absolute Gasteiger partial charge is 0.0787 e. The summed E-state index contributed by atoms with van der Waals surface area (Å²) in [6.07, 6.45) is 11.2. The van der Waals surface area contributed by atoms with Crippen molar-refractivity contribution in [2.75, 3.05) is 0 Å². The fourth-order valence-corrected chi connectivity index (χ4v) is 3.28. The van der Waals surface area contributed by atoms with Gasteiger partial charge in [0, 0.05) is 0 Å². The molecule has 1 N–H and O–H groups in total. The Hall–Kier alpha value is -1.60. The molecule has 25 heavy (non-hydrogen) atoms. The second-order valence-electron chi connectivity index (χ2n) is 7.11. The molecule has 0 aromatic heterocycles. The molecule has 2 rings (SSSR count). The van der Waals surface area contributed by atoms with Crippen LogP contribution in [0.25, 0.3) is 11.1 Å². The van der Waals surface area contributed by atoms with Crippen molar-refractivity contribution in [1.29, 1.82) is 0 Å². The molecular weight excluding hydrogens is 304 g/mol. The minimum atomic E-state index is -0.349. The van der Waals surface area contributed by atoms with Crippen LogP contribution in [-0.4, -0.2) is 5.11 Å². The van der Waals surface area contributed by atoms with Gasteiger partial charge in [0.05, 0.1) is 6.10 Å². The molecule has 1 heteroatoms. The van der Waals surface area contributed by atoms with Crippen molar-refractivity contribution in [3.63, 3.8) is 0 Å². The lowest BCUT2D eigenvalue weighted by Crippen LogP contribution is -1.94.